The number of carbonyl (C=O) groups is 1. The average molecular weight is 443 g/mol. The number of non-ortho nitro benzene ring substituents is 1. The zero-order valence-corrected chi connectivity index (χ0v) is 17.7. The summed E-state index contributed by atoms with van der Waals surface area (Å²) in [5.74, 6) is -0.0651. The van der Waals surface area contributed by atoms with Gasteiger partial charge in [0.25, 0.3) is 5.69 Å². The Morgan fingerprint density at radius 2 is 1.87 bits per heavy atom. The Hall–Kier alpha value is -3.03. The minimum absolute atomic E-state index is 0.0167. The molecule has 154 valence electrons. The van der Waals surface area contributed by atoms with Crippen LogP contribution in [0.25, 0.3) is 0 Å². The Morgan fingerprint density at radius 1 is 1.13 bits per heavy atom. The summed E-state index contributed by atoms with van der Waals surface area (Å²) in [6.07, 6.45) is 0.721. The molecule has 30 heavy (non-hydrogen) atoms. The molecule has 0 heterocycles. The Labute approximate surface area is 183 Å². The van der Waals surface area contributed by atoms with E-state index in [1.54, 1.807) is 12.1 Å². The van der Waals surface area contributed by atoms with Crippen molar-refractivity contribution in [2.45, 2.75) is 29.7 Å². The molecule has 0 aliphatic rings. The number of anilines is 1. The fourth-order valence-corrected chi connectivity index (χ4v) is 4.04. The fourth-order valence-electron chi connectivity index (χ4n) is 2.88. The third-order valence-electron chi connectivity index (χ3n) is 4.43. The summed E-state index contributed by atoms with van der Waals surface area (Å²) in [5.41, 5.74) is 2.60. The van der Waals surface area contributed by atoms with Crippen LogP contribution in [0, 0.1) is 17.0 Å². The van der Waals surface area contributed by atoms with E-state index in [0.29, 0.717) is 28.1 Å². The molecule has 6 nitrogen and oxygen atoms in total. The summed E-state index contributed by atoms with van der Waals surface area (Å²) in [7, 11) is 0. The van der Waals surface area contributed by atoms with E-state index in [1.165, 1.54) is 30.0 Å². The smallest absolute Gasteiger partial charge is 0.269 e. The predicted octanol–water partition coefficient (Wildman–Crippen LogP) is 5.77. The molecule has 3 aromatic rings. The summed E-state index contributed by atoms with van der Waals surface area (Å²) in [6.45, 7) is 2.23. The third kappa shape index (κ3) is 5.31. The predicted molar refractivity (Wildman–Crippen MR) is 119 cm³/mol. The molecule has 0 radical (unpaired) electrons. The number of hydrogen-bond acceptors (Lipinski definition) is 6. The number of carbonyl (C=O) groups excluding carboxylic acids is 1. The zero-order chi connectivity index (χ0) is 21.7. The van der Waals surface area contributed by atoms with Crippen LogP contribution in [0.1, 0.15) is 16.7 Å². The zero-order valence-electron chi connectivity index (χ0n) is 16.1. The van der Waals surface area contributed by atoms with Gasteiger partial charge in [0.15, 0.2) is 0 Å². The normalized spacial score (nSPS) is 10.6. The number of aldehydes is 1. The van der Waals surface area contributed by atoms with Gasteiger partial charge in [0.05, 0.1) is 10.6 Å². The lowest BCUT2D eigenvalue weighted by Crippen LogP contribution is -2.03. The monoisotopic (exact) mass is 442 g/mol. The van der Waals surface area contributed by atoms with Gasteiger partial charge in [0.1, 0.15) is 12.0 Å². The van der Waals surface area contributed by atoms with Gasteiger partial charge in [-0.25, -0.2) is 0 Å². The van der Waals surface area contributed by atoms with Gasteiger partial charge in [-0.15, -0.1) is 0 Å². The number of aryl methyl sites for hydroxylation is 1. The molecule has 0 unspecified atom stereocenters. The van der Waals surface area contributed by atoms with Crippen molar-refractivity contribution in [1.29, 1.82) is 0 Å². The molecule has 2 N–H and O–H groups in total. The first-order valence-electron chi connectivity index (χ1n) is 9.08. The lowest BCUT2D eigenvalue weighted by atomic mass is 10.1. The van der Waals surface area contributed by atoms with Crippen LogP contribution >= 0.6 is 23.4 Å². The quantitative estimate of drug-likeness (QED) is 0.199. The van der Waals surface area contributed by atoms with Crippen LogP contribution in [0.4, 0.5) is 11.4 Å². The molecule has 0 aliphatic heterocycles. The largest absolute Gasteiger partial charge is 0.505 e. The SMILES string of the molecule is Cc1ccc(Sc2ccc([N+](=O)[O-])cc2CNc2cc(Cl)cc(CC=O)c2O)cc1. The lowest BCUT2D eigenvalue weighted by Gasteiger charge is -2.14. The number of phenols is 1. The number of phenolic OH excluding ortho intramolecular Hbond substituents is 1. The number of nitro groups is 1. The van der Waals surface area contributed by atoms with Crippen LogP contribution in [0.15, 0.2) is 64.4 Å². The second-order valence-electron chi connectivity index (χ2n) is 6.65. The highest BCUT2D eigenvalue weighted by molar-refractivity contribution is 7.99. The van der Waals surface area contributed by atoms with Gasteiger partial charge < -0.3 is 15.2 Å². The second-order valence-corrected chi connectivity index (χ2v) is 8.20. The Bertz CT molecular complexity index is 1090. The maximum Gasteiger partial charge on any atom is 0.269 e. The first-order valence-corrected chi connectivity index (χ1v) is 10.3. The number of benzene rings is 3. The molecule has 0 spiro atoms. The van der Waals surface area contributed by atoms with Crippen molar-refractivity contribution in [3.05, 3.63) is 86.4 Å². The van der Waals surface area contributed by atoms with Gasteiger partial charge in [-0.3, -0.25) is 10.1 Å². The average Bonchev–Trinajstić information content (AvgIpc) is 2.72. The number of nitrogens with one attached hydrogen (secondary N) is 1. The van der Waals surface area contributed by atoms with Gasteiger partial charge in [0, 0.05) is 45.5 Å². The van der Waals surface area contributed by atoms with E-state index in [-0.39, 0.29) is 24.4 Å². The van der Waals surface area contributed by atoms with Crippen molar-refractivity contribution in [2.75, 3.05) is 5.32 Å². The van der Waals surface area contributed by atoms with Crippen molar-refractivity contribution in [1.82, 2.24) is 0 Å². The highest BCUT2D eigenvalue weighted by atomic mass is 35.5. The first-order chi connectivity index (χ1) is 14.4. The number of hydrogen-bond donors (Lipinski definition) is 2. The highest BCUT2D eigenvalue weighted by Gasteiger charge is 2.14. The molecule has 0 amide bonds. The molecule has 0 atom stereocenters. The number of nitrogens with zero attached hydrogens (tertiary/aromatic N) is 1. The van der Waals surface area contributed by atoms with Crippen molar-refractivity contribution in [3.63, 3.8) is 0 Å². The lowest BCUT2D eigenvalue weighted by molar-refractivity contribution is -0.385. The summed E-state index contributed by atoms with van der Waals surface area (Å²) < 4.78 is 0. The minimum Gasteiger partial charge on any atom is -0.505 e. The Balaban J connectivity index is 1.90. The van der Waals surface area contributed by atoms with Crippen LogP contribution in [0.3, 0.4) is 0 Å². The summed E-state index contributed by atoms with van der Waals surface area (Å²) in [5, 5.41) is 25.1. The topological polar surface area (TPSA) is 92.5 Å². The van der Waals surface area contributed by atoms with Crippen molar-refractivity contribution >= 4 is 41.0 Å². The molecule has 0 fully saturated rings. The van der Waals surface area contributed by atoms with Crippen LogP contribution in [0.2, 0.25) is 5.02 Å². The third-order valence-corrected chi connectivity index (χ3v) is 5.77. The highest BCUT2D eigenvalue weighted by Crippen LogP contribution is 2.35. The summed E-state index contributed by atoms with van der Waals surface area (Å²) in [6, 6.07) is 15.8. The Kier molecular flexibility index (Phi) is 6.97. The first kappa shape index (κ1) is 21.7. The van der Waals surface area contributed by atoms with Gasteiger partial charge in [0.2, 0.25) is 0 Å². The van der Waals surface area contributed by atoms with Crippen molar-refractivity contribution in [3.8, 4) is 5.75 Å². The standard InChI is InChI=1S/C22H19ClN2O4S/c1-14-2-5-19(6-3-14)30-21-7-4-18(25(28)29)11-16(21)13-24-20-12-17(23)10-15(8-9-26)22(20)27/h2-7,9-12,24,27H,8,13H2,1H3. The molecule has 0 aliphatic carbocycles. The molecule has 0 saturated carbocycles. The minimum atomic E-state index is -0.442. The molecule has 3 aromatic carbocycles. The Morgan fingerprint density at radius 3 is 2.53 bits per heavy atom. The number of nitro benzene ring substituents is 1. The molecule has 0 bridgehead atoms. The second kappa shape index (κ2) is 9.65. The molecule has 3 rings (SSSR count). The van der Waals surface area contributed by atoms with Crippen molar-refractivity contribution < 1.29 is 14.8 Å². The molecular formula is C22H19ClN2O4S. The van der Waals surface area contributed by atoms with Gasteiger partial charge in [-0.1, -0.05) is 41.1 Å². The maximum atomic E-state index is 11.2. The summed E-state index contributed by atoms with van der Waals surface area (Å²) in [4.78, 5) is 23.5. The van der Waals surface area contributed by atoms with Gasteiger partial charge in [-0.05, 0) is 42.8 Å². The van der Waals surface area contributed by atoms with Crippen LogP contribution < -0.4 is 5.32 Å². The number of rotatable bonds is 8. The van der Waals surface area contributed by atoms with Crippen LogP contribution in [0.5, 0.6) is 5.75 Å². The maximum absolute atomic E-state index is 11.2. The van der Waals surface area contributed by atoms with E-state index in [1.807, 2.05) is 31.2 Å². The molecule has 0 saturated heterocycles. The number of aromatic hydroxyl groups is 1. The van der Waals surface area contributed by atoms with E-state index in [2.05, 4.69) is 5.32 Å². The fraction of sp³-hybridized carbons (Fsp3) is 0.136. The van der Waals surface area contributed by atoms with Crippen LogP contribution in [-0.2, 0) is 17.8 Å². The van der Waals surface area contributed by atoms with Crippen molar-refractivity contribution in [2.24, 2.45) is 0 Å². The molecule has 8 heteroatoms. The number of halogens is 1. The van der Waals surface area contributed by atoms with Gasteiger partial charge >= 0.3 is 0 Å². The van der Waals surface area contributed by atoms with E-state index < -0.39 is 4.92 Å². The van der Waals surface area contributed by atoms with Crippen LogP contribution in [-0.4, -0.2) is 16.3 Å². The summed E-state index contributed by atoms with van der Waals surface area (Å²) >= 11 is 7.60. The van der Waals surface area contributed by atoms with Gasteiger partial charge in [-0.2, -0.15) is 0 Å². The van der Waals surface area contributed by atoms with E-state index in [9.17, 15) is 20.0 Å². The van der Waals surface area contributed by atoms with E-state index in [4.69, 9.17) is 11.6 Å². The van der Waals surface area contributed by atoms with E-state index in [0.717, 1.165) is 15.4 Å². The molecular weight excluding hydrogens is 424 g/mol. The molecule has 0 aromatic heterocycles. The van der Waals surface area contributed by atoms with E-state index >= 15 is 0 Å².